The fraction of sp³-hybridized carbons (Fsp3) is 0.364. The number of carbonyl (C=O) groups is 2. The number of ether oxygens (including phenoxy) is 1. The van der Waals surface area contributed by atoms with Crippen molar-refractivity contribution in [1.29, 1.82) is 0 Å². The number of carbonyl (C=O) groups excluding carboxylic acids is 2. The molecule has 0 spiro atoms. The van der Waals surface area contributed by atoms with E-state index in [0.717, 1.165) is 24.0 Å². The summed E-state index contributed by atoms with van der Waals surface area (Å²) in [5.74, 6) is -0.178. The molecule has 27 heavy (non-hydrogen) atoms. The average Bonchev–Trinajstić information content (AvgIpc) is 2.71. The Hall–Kier alpha value is -2.82. The van der Waals surface area contributed by atoms with Crippen LogP contribution in [0.25, 0.3) is 0 Å². The number of amides is 2. The first-order valence-corrected chi connectivity index (χ1v) is 9.39. The lowest BCUT2D eigenvalue weighted by atomic mass is 9.98. The van der Waals surface area contributed by atoms with E-state index in [9.17, 15) is 9.59 Å². The Labute approximate surface area is 161 Å². The normalized spacial score (nSPS) is 12.7. The maximum atomic E-state index is 12.6. The topological polar surface area (TPSA) is 67.4 Å². The second-order valence-corrected chi connectivity index (χ2v) is 6.60. The van der Waals surface area contributed by atoms with E-state index in [2.05, 4.69) is 10.6 Å². The molecule has 2 amide bonds. The van der Waals surface area contributed by atoms with E-state index in [1.54, 1.807) is 0 Å². The van der Waals surface area contributed by atoms with Gasteiger partial charge in [-0.05, 0) is 23.5 Å². The molecule has 5 heteroatoms. The number of alkyl carbamates (subject to hydrolysis) is 1. The van der Waals surface area contributed by atoms with Gasteiger partial charge in [-0.3, -0.25) is 4.79 Å². The molecule has 2 unspecified atom stereocenters. The standard InChI is InChI=1S/C22H28N2O3/c1-3-17(2)20(21(25)23-15-14-18-10-6-4-7-11-18)24-22(26)27-16-19-12-8-5-9-13-19/h4-13,17,20H,3,14-16H2,1-2H3,(H,23,25)(H,24,26). The quantitative estimate of drug-likeness (QED) is 0.709. The molecular weight excluding hydrogens is 340 g/mol. The Morgan fingerprint density at radius 2 is 1.56 bits per heavy atom. The highest BCUT2D eigenvalue weighted by molar-refractivity contribution is 5.85. The number of hydrogen-bond donors (Lipinski definition) is 2. The molecule has 2 N–H and O–H groups in total. The Balaban J connectivity index is 1.83. The van der Waals surface area contributed by atoms with Crippen molar-refractivity contribution in [2.75, 3.05) is 6.54 Å². The molecule has 0 radical (unpaired) electrons. The summed E-state index contributed by atoms with van der Waals surface area (Å²) in [4.78, 5) is 24.7. The van der Waals surface area contributed by atoms with Crippen LogP contribution in [0.5, 0.6) is 0 Å². The van der Waals surface area contributed by atoms with E-state index in [0.29, 0.717) is 6.54 Å². The van der Waals surface area contributed by atoms with Gasteiger partial charge in [0.2, 0.25) is 5.91 Å². The monoisotopic (exact) mass is 368 g/mol. The summed E-state index contributed by atoms with van der Waals surface area (Å²) in [7, 11) is 0. The maximum Gasteiger partial charge on any atom is 0.408 e. The highest BCUT2D eigenvalue weighted by Gasteiger charge is 2.26. The van der Waals surface area contributed by atoms with Crippen LogP contribution in [-0.4, -0.2) is 24.6 Å². The molecule has 0 aliphatic heterocycles. The maximum absolute atomic E-state index is 12.6. The van der Waals surface area contributed by atoms with Crippen molar-refractivity contribution in [2.45, 2.75) is 39.3 Å². The fourth-order valence-electron chi connectivity index (χ4n) is 2.68. The minimum absolute atomic E-state index is 0.00556. The summed E-state index contributed by atoms with van der Waals surface area (Å²) in [5.41, 5.74) is 2.06. The first-order chi connectivity index (χ1) is 13.1. The van der Waals surface area contributed by atoms with Crippen LogP contribution in [0.1, 0.15) is 31.4 Å². The van der Waals surface area contributed by atoms with Crippen molar-refractivity contribution in [3.8, 4) is 0 Å². The highest BCUT2D eigenvalue weighted by atomic mass is 16.5. The first kappa shape index (κ1) is 20.5. The van der Waals surface area contributed by atoms with E-state index in [1.807, 2.05) is 74.5 Å². The first-order valence-electron chi connectivity index (χ1n) is 9.39. The van der Waals surface area contributed by atoms with Gasteiger partial charge < -0.3 is 15.4 Å². The number of rotatable bonds is 9. The molecule has 2 atom stereocenters. The Morgan fingerprint density at radius 1 is 0.963 bits per heavy atom. The van der Waals surface area contributed by atoms with Gasteiger partial charge in [-0.15, -0.1) is 0 Å². The third kappa shape index (κ3) is 7.13. The Bertz CT molecular complexity index is 704. The zero-order valence-corrected chi connectivity index (χ0v) is 16.0. The Morgan fingerprint density at radius 3 is 2.15 bits per heavy atom. The number of hydrogen-bond acceptors (Lipinski definition) is 3. The molecule has 0 heterocycles. The molecular formula is C22H28N2O3. The molecule has 0 bridgehead atoms. The van der Waals surface area contributed by atoms with E-state index >= 15 is 0 Å². The summed E-state index contributed by atoms with van der Waals surface area (Å²) in [6, 6.07) is 18.8. The van der Waals surface area contributed by atoms with Crippen LogP contribution >= 0.6 is 0 Å². The second-order valence-electron chi connectivity index (χ2n) is 6.60. The Kier molecular flexibility index (Phi) is 8.36. The van der Waals surface area contributed by atoms with Gasteiger partial charge >= 0.3 is 6.09 Å². The fourth-order valence-corrected chi connectivity index (χ4v) is 2.68. The lowest BCUT2D eigenvalue weighted by Gasteiger charge is -2.23. The van der Waals surface area contributed by atoms with Crippen LogP contribution < -0.4 is 10.6 Å². The molecule has 0 saturated heterocycles. The summed E-state index contributed by atoms with van der Waals surface area (Å²) < 4.78 is 5.25. The molecule has 2 aromatic carbocycles. The SMILES string of the molecule is CCC(C)C(NC(=O)OCc1ccccc1)C(=O)NCCc1ccccc1. The molecule has 144 valence electrons. The predicted molar refractivity (Wildman–Crippen MR) is 106 cm³/mol. The second kappa shape index (κ2) is 11.0. The van der Waals surface area contributed by atoms with Crippen molar-refractivity contribution >= 4 is 12.0 Å². The molecule has 0 fully saturated rings. The van der Waals surface area contributed by atoms with Crippen LogP contribution in [0.4, 0.5) is 4.79 Å². The van der Waals surface area contributed by atoms with Gasteiger partial charge in [-0.2, -0.15) is 0 Å². The molecule has 5 nitrogen and oxygen atoms in total. The van der Waals surface area contributed by atoms with E-state index in [4.69, 9.17) is 4.74 Å². The van der Waals surface area contributed by atoms with Crippen molar-refractivity contribution in [2.24, 2.45) is 5.92 Å². The van der Waals surface area contributed by atoms with Crippen LogP contribution in [0, 0.1) is 5.92 Å². The van der Waals surface area contributed by atoms with Gasteiger partial charge in [0.15, 0.2) is 0 Å². The van der Waals surface area contributed by atoms with Gasteiger partial charge in [0.05, 0.1) is 0 Å². The minimum atomic E-state index is -0.617. The third-order valence-electron chi connectivity index (χ3n) is 4.54. The molecule has 2 aromatic rings. The molecule has 2 rings (SSSR count). The van der Waals surface area contributed by atoms with Crippen LogP contribution in [0.3, 0.4) is 0 Å². The smallest absolute Gasteiger partial charge is 0.408 e. The van der Waals surface area contributed by atoms with Crippen LogP contribution in [0.15, 0.2) is 60.7 Å². The zero-order chi connectivity index (χ0) is 19.5. The lowest BCUT2D eigenvalue weighted by Crippen LogP contribution is -2.50. The number of benzene rings is 2. The van der Waals surface area contributed by atoms with Gasteiger partial charge in [-0.1, -0.05) is 80.9 Å². The average molecular weight is 368 g/mol. The zero-order valence-electron chi connectivity index (χ0n) is 16.0. The third-order valence-corrected chi connectivity index (χ3v) is 4.54. The van der Waals surface area contributed by atoms with E-state index < -0.39 is 12.1 Å². The van der Waals surface area contributed by atoms with Gasteiger partial charge in [0, 0.05) is 6.54 Å². The van der Waals surface area contributed by atoms with Gasteiger partial charge in [0.25, 0.3) is 0 Å². The van der Waals surface area contributed by atoms with E-state index in [-0.39, 0.29) is 18.4 Å². The van der Waals surface area contributed by atoms with Gasteiger partial charge in [-0.25, -0.2) is 4.79 Å². The minimum Gasteiger partial charge on any atom is -0.445 e. The van der Waals surface area contributed by atoms with Crippen LogP contribution in [0.2, 0.25) is 0 Å². The largest absolute Gasteiger partial charge is 0.445 e. The van der Waals surface area contributed by atoms with E-state index in [1.165, 1.54) is 0 Å². The van der Waals surface area contributed by atoms with Crippen LogP contribution in [-0.2, 0) is 22.6 Å². The molecule has 0 aliphatic rings. The van der Waals surface area contributed by atoms with Crippen molar-refractivity contribution in [1.82, 2.24) is 10.6 Å². The highest BCUT2D eigenvalue weighted by Crippen LogP contribution is 2.09. The molecule has 0 aliphatic carbocycles. The predicted octanol–water partition coefficient (Wildman–Crippen LogP) is 3.69. The molecule has 0 saturated carbocycles. The summed E-state index contributed by atoms with van der Waals surface area (Å²) in [6.07, 6.45) is 0.941. The lowest BCUT2D eigenvalue weighted by molar-refractivity contribution is -0.124. The van der Waals surface area contributed by atoms with Crippen molar-refractivity contribution < 1.29 is 14.3 Å². The summed E-state index contributed by atoms with van der Waals surface area (Å²) in [5, 5.41) is 5.63. The summed E-state index contributed by atoms with van der Waals surface area (Å²) in [6.45, 7) is 4.64. The number of nitrogens with one attached hydrogen (secondary N) is 2. The van der Waals surface area contributed by atoms with Crippen molar-refractivity contribution in [3.05, 3.63) is 71.8 Å². The molecule has 0 aromatic heterocycles. The van der Waals surface area contributed by atoms with Gasteiger partial charge in [0.1, 0.15) is 12.6 Å². The van der Waals surface area contributed by atoms with Crippen molar-refractivity contribution in [3.63, 3.8) is 0 Å². The summed E-state index contributed by atoms with van der Waals surface area (Å²) >= 11 is 0.